The van der Waals surface area contributed by atoms with E-state index in [-0.39, 0.29) is 6.98 Å². The van der Waals surface area contributed by atoms with Gasteiger partial charge in [-0.15, -0.1) is 11.3 Å². The number of thiophene rings is 1. The summed E-state index contributed by atoms with van der Waals surface area (Å²) in [6, 6.07) is 41.7. The van der Waals surface area contributed by atoms with Crippen LogP contribution in [0.15, 0.2) is 120 Å². The van der Waals surface area contributed by atoms with Gasteiger partial charge in [0.15, 0.2) is 0 Å². The highest BCUT2D eigenvalue weighted by atomic mass is 32.1. The molecule has 5 aromatic carbocycles. The molecule has 0 amide bonds. The molecular weight excluding hydrogens is 495 g/mol. The monoisotopic (exact) mass is 514 g/mol. The Morgan fingerprint density at radius 1 is 0.615 bits per heavy atom. The van der Waals surface area contributed by atoms with Crippen molar-refractivity contribution in [1.29, 1.82) is 0 Å². The van der Waals surface area contributed by atoms with Crippen LogP contribution in [0.3, 0.4) is 0 Å². The summed E-state index contributed by atoms with van der Waals surface area (Å²) in [4.78, 5) is 5.06. The Balaban J connectivity index is 1.32. The molecule has 10 rings (SSSR count). The lowest BCUT2D eigenvalue weighted by Gasteiger charge is -2.36. The van der Waals surface area contributed by atoms with Gasteiger partial charge in [-0.2, -0.15) is 0 Å². The molecule has 3 aliphatic heterocycles. The molecule has 0 fully saturated rings. The molecule has 0 spiro atoms. The molecule has 0 bridgehead atoms. The summed E-state index contributed by atoms with van der Waals surface area (Å²) >= 11 is 1.89. The zero-order valence-corrected chi connectivity index (χ0v) is 21.6. The van der Waals surface area contributed by atoms with Gasteiger partial charge >= 0.3 is 6.98 Å². The molecule has 0 radical (unpaired) electrons. The van der Waals surface area contributed by atoms with Crippen LogP contribution >= 0.6 is 11.3 Å². The van der Waals surface area contributed by atoms with E-state index in [1.165, 1.54) is 70.9 Å². The molecular formula is C34H19BN2OS. The lowest BCUT2D eigenvalue weighted by Crippen LogP contribution is -2.55. The molecule has 0 aliphatic carbocycles. The highest BCUT2D eigenvalue weighted by molar-refractivity contribution is 7.25. The lowest BCUT2D eigenvalue weighted by atomic mass is 9.63. The van der Waals surface area contributed by atoms with E-state index in [1.807, 2.05) is 11.3 Å². The van der Waals surface area contributed by atoms with Gasteiger partial charge in [0, 0.05) is 43.5 Å². The van der Waals surface area contributed by atoms with Crippen LogP contribution in [-0.2, 0) is 0 Å². The van der Waals surface area contributed by atoms with E-state index in [1.54, 1.807) is 0 Å². The SMILES string of the molecule is c1ccc(-c2ccc3c(c2)-c2cccc4sc5c(c24)N3B2c3oc4ccccc4c3-c3ccccc3N25)cc1. The number of fused-ring (bicyclic) bond motifs is 13. The third kappa shape index (κ3) is 2.41. The van der Waals surface area contributed by atoms with Gasteiger partial charge in [0.05, 0.1) is 5.69 Å². The molecule has 3 aliphatic rings. The lowest BCUT2D eigenvalue weighted by molar-refractivity contribution is 0.649. The minimum absolute atomic E-state index is 0.0809. The van der Waals surface area contributed by atoms with E-state index < -0.39 is 0 Å². The van der Waals surface area contributed by atoms with Crippen LogP contribution in [-0.4, -0.2) is 6.98 Å². The second-order valence-electron chi connectivity index (χ2n) is 10.5. The van der Waals surface area contributed by atoms with Crippen LogP contribution in [0.5, 0.6) is 0 Å². The van der Waals surface area contributed by atoms with Gasteiger partial charge < -0.3 is 14.0 Å². The van der Waals surface area contributed by atoms with Crippen molar-refractivity contribution in [2.24, 2.45) is 0 Å². The Hall–Kier alpha value is -4.74. The minimum atomic E-state index is -0.0809. The normalized spacial score (nSPS) is 14.0. The van der Waals surface area contributed by atoms with Crippen LogP contribution in [0.25, 0.3) is 54.4 Å². The summed E-state index contributed by atoms with van der Waals surface area (Å²) in [5, 5.41) is 3.82. The number of hydrogen-bond donors (Lipinski definition) is 0. The molecule has 5 heteroatoms. The fourth-order valence-corrected chi connectivity index (χ4v) is 8.26. The first-order valence-corrected chi connectivity index (χ1v) is 14.1. The summed E-state index contributed by atoms with van der Waals surface area (Å²) < 4.78 is 8.08. The fourth-order valence-electron chi connectivity index (χ4n) is 7.00. The zero-order valence-electron chi connectivity index (χ0n) is 20.8. The number of anilines is 4. The Morgan fingerprint density at radius 2 is 1.41 bits per heavy atom. The van der Waals surface area contributed by atoms with Gasteiger partial charge in [-0.3, -0.25) is 0 Å². The predicted octanol–water partition coefficient (Wildman–Crippen LogP) is 8.96. The molecule has 3 nitrogen and oxygen atoms in total. The summed E-state index contributed by atoms with van der Waals surface area (Å²) in [6.45, 7) is -0.0809. The van der Waals surface area contributed by atoms with Crippen molar-refractivity contribution < 1.29 is 4.42 Å². The smallest absolute Gasteiger partial charge is 0.460 e. The molecule has 180 valence electrons. The summed E-state index contributed by atoms with van der Waals surface area (Å²) in [7, 11) is 0. The van der Waals surface area contributed by atoms with Crippen molar-refractivity contribution >= 4 is 67.1 Å². The van der Waals surface area contributed by atoms with Gasteiger partial charge in [-0.25, -0.2) is 0 Å². The average molecular weight is 514 g/mol. The van der Waals surface area contributed by atoms with Crippen molar-refractivity contribution in [3.8, 4) is 33.4 Å². The molecule has 2 aromatic heterocycles. The van der Waals surface area contributed by atoms with Gasteiger partial charge in [-0.05, 0) is 47.0 Å². The third-order valence-corrected chi connectivity index (χ3v) is 9.71. The Labute approximate surface area is 229 Å². The zero-order chi connectivity index (χ0) is 25.2. The molecule has 0 atom stereocenters. The first-order valence-electron chi connectivity index (χ1n) is 13.3. The standard InChI is InChI=1S/C34H19BN2OS/c1-2-9-20(10-3-1)21-17-18-27-25(19-21)22-13-8-16-29-31(22)32-34(39-29)37-26-14-6-4-11-23(26)30-24-12-5-7-15-28(24)38-33(30)35(37)36(27)32/h1-19H. The van der Waals surface area contributed by atoms with Crippen molar-refractivity contribution in [3.05, 3.63) is 115 Å². The predicted molar refractivity (Wildman–Crippen MR) is 164 cm³/mol. The highest BCUT2D eigenvalue weighted by Gasteiger charge is 2.54. The third-order valence-electron chi connectivity index (χ3n) is 8.56. The Morgan fingerprint density at radius 3 is 2.36 bits per heavy atom. The van der Waals surface area contributed by atoms with E-state index >= 15 is 0 Å². The van der Waals surface area contributed by atoms with E-state index in [2.05, 4.69) is 125 Å². The fraction of sp³-hybridized carbons (Fsp3) is 0. The van der Waals surface area contributed by atoms with Gasteiger partial charge in [0.2, 0.25) is 0 Å². The number of benzene rings is 5. The van der Waals surface area contributed by atoms with E-state index in [9.17, 15) is 0 Å². The summed E-state index contributed by atoms with van der Waals surface area (Å²) in [5.74, 6) is 0. The molecule has 0 saturated carbocycles. The Kier molecular flexibility index (Phi) is 3.64. The second kappa shape index (κ2) is 7.01. The van der Waals surface area contributed by atoms with Crippen molar-refractivity contribution in [2.75, 3.05) is 9.62 Å². The summed E-state index contributed by atoms with van der Waals surface area (Å²) in [5.41, 5.74) is 13.2. The van der Waals surface area contributed by atoms with Crippen LogP contribution < -0.4 is 15.3 Å². The van der Waals surface area contributed by atoms with Crippen molar-refractivity contribution in [2.45, 2.75) is 0 Å². The topological polar surface area (TPSA) is 19.6 Å². The number of rotatable bonds is 1. The minimum Gasteiger partial charge on any atom is -0.465 e. The van der Waals surface area contributed by atoms with Gasteiger partial charge in [0.1, 0.15) is 16.2 Å². The second-order valence-corrected chi connectivity index (χ2v) is 11.5. The first-order chi connectivity index (χ1) is 19.4. The molecule has 0 unspecified atom stereocenters. The van der Waals surface area contributed by atoms with Crippen molar-refractivity contribution in [3.63, 3.8) is 0 Å². The molecule has 0 N–H and O–H groups in total. The van der Waals surface area contributed by atoms with E-state index in [0.717, 1.165) is 11.2 Å². The Bertz CT molecular complexity index is 2160. The van der Waals surface area contributed by atoms with Crippen LogP contribution in [0.2, 0.25) is 0 Å². The van der Waals surface area contributed by atoms with E-state index in [0.29, 0.717) is 0 Å². The largest absolute Gasteiger partial charge is 0.465 e. The first kappa shape index (κ1) is 20.3. The van der Waals surface area contributed by atoms with Crippen LogP contribution in [0.1, 0.15) is 0 Å². The maximum Gasteiger partial charge on any atom is 0.460 e. The van der Waals surface area contributed by atoms with E-state index in [4.69, 9.17) is 4.42 Å². The number of hydrogen-bond acceptors (Lipinski definition) is 4. The number of nitrogens with zero attached hydrogens (tertiary/aromatic N) is 2. The van der Waals surface area contributed by atoms with Crippen LogP contribution in [0.4, 0.5) is 22.1 Å². The van der Waals surface area contributed by atoms with Crippen LogP contribution in [0, 0.1) is 0 Å². The maximum atomic E-state index is 6.76. The highest BCUT2D eigenvalue weighted by Crippen LogP contribution is 2.63. The molecule has 5 heterocycles. The quantitative estimate of drug-likeness (QED) is 0.204. The van der Waals surface area contributed by atoms with Crippen molar-refractivity contribution in [1.82, 2.24) is 0 Å². The maximum absolute atomic E-state index is 6.76. The van der Waals surface area contributed by atoms with Gasteiger partial charge in [0.25, 0.3) is 0 Å². The van der Waals surface area contributed by atoms with Gasteiger partial charge in [-0.1, -0.05) is 84.9 Å². The summed E-state index contributed by atoms with van der Waals surface area (Å²) in [6.07, 6.45) is 0. The number of furan rings is 1. The molecule has 0 saturated heterocycles. The number of para-hydroxylation sites is 2. The molecule has 39 heavy (non-hydrogen) atoms. The molecule has 7 aromatic rings. The average Bonchev–Trinajstić information content (AvgIpc) is 3.67.